The molecule has 0 amide bonds. The summed E-state index contributed by atoms with van der Waals surface area (Å²) in [7, 11) is -5.12. The zero-order valence-electron chi connectivity index (χ0n) is 48.2. The topological polar surface area (TPSA) is 422 Å². The molecule has 5 heterocycles. The first-order valence-corrected chi connectivity index (χ1v) is 30.8. The molecule has 28 heteroatoms. The number of ether oxygens (including phenoxy) is 10. The fraction of sp³-hybridized carbons (Fsp3) is 0.964. The molecule has 4 aliphatic carbocycles. The van der Waals surface area contributed by atoms with E-state index in [1.54, 1.807) is 6.92 Å². The summed E-state index contributed by atoms with van der Waals surface area (Å²) in [6, 6.07) is 0. The molecule has 3 saturated carbocycles. The number of aliphatic hydroxyl groups excluding tert-OH is 12. The van der Waals surface area contributed by atoms with Crippen molar-refractivity contribution in [2.45, 2.75) is 278 Å². The molecule has 0 aromatic heterocycles. The number of fused-ring (bicyclic) bond motifs is 5. The van der Waals surface area contributed by atoms with Gasteiger partial charge in [-0.3, -0.25) is 4.18 Å². The first kappa shape index (κ1) is 66.1. The van der Waals surface area contributed by atoms with Crippen molar-refractivity contribution in [3.05, 3.63) is 11.6 Å². The molecule has 0 bridgehead atoms. The number of hydrogen-bond donors (Lipinski definition) is 13. The largest absolute Gasteiger partial charge is 0.726 e. The second-order valence-electron chi connectivity index (χ2n) is 26.2. The van der Waals surface area contributed by atoms with E-state index in [0.717, 1.165) is 18.4 Å². The maximum atomic E-state index is 12.4. The molecule has 0 spiro atoms. The Morgan fingerprint density at radius 2 is 1.16 bits per heavy atom. The highest BCUT2D eigenvalue weighted by molar-refractivity contribution is 7.80. The summed E-state index contributed by atoms with van der Waals surface area (Å²) in [6.45, 7) is 13.2. The van der Waals surface area contributed by atoms with Crippen LogP contribution in [0.15, 0.2) is 11.6 Å². The van der Waals surface area contributed by atoms with Gasteiger partial charge in [0.1, 0.15) is 91.6 Å². The predicted octanol–water partition coefficient (Wildman–Crippen LogP) is -2.59. The maximum Gasteiger partial charge on any atom is 0.217 e. The molecule has 0 unspecified atom stereocenters. The van der Waals surface area contributed by atoms with Crippen LogP contribution >= 0.6 is 0 Å². The molecule has 83 heavy (non-hydrogen) atoms. The molecule has 0 aromatic rings. The predicted molar refractivity (Wildman–Crippen MR) is 279 cm³/mol. The average Bonchev–Trinajstić information content (AvgIpc) is 2.34. The summed E-state index contributed by atoms with van der Waals surface area (Å²) in [6.07, 6.45) is -34.3. The van der Waals surface area contributed by atoms with Crippen LogP contribution in [0.3, 0.4) is 0 Å². The minimum absolute atomic E-state index is 0.00445. The van der Waals surface area contributed by atoms with Crippen molar-refractivity contribution >= 4 is 10.4 Å². The van der Waals surface area contributed by atoms with Crippen LogP contribution in [0.25, 0.3) is 0 Å². The van der Waals surface area contributed by atoms with Crippen LogP contribution in [0, 0.1) is 40.4 Å². The summed E-state index contributed by atoms with van der Waals surface area (Å²) in [4.78, 5) is 0. The molecule has 33 atom stereocenters. The van der Waals surface area contributed by atoms with Crippen molar-refractivity contribution < 1.29 is 131 Å². The number of hydrogen-bond acceptors (Lipinski definition) is 27. The molecule has 0 radical (unpaired) electrons. The first-order chi connectivity index (χ1) is 38.8. The molecule has 9 rings (SSSR count). The average molecular weight is 1220 g/mol. The quantitative estimate of drug-likeness (QED) is 0.0404. The lowest BCUT2D eigenvalue weighted by Crippen LogP contribution is -2.66. The Labute approximate surface area is 483 Å². The lowest BCUT2D eigenvalue weighted by molar-refractivity contribution is -0.394. The number of rotatable bonds is 17. The minimum Gasteiger partial charge on any atom is -0.726 e. The van der Waals surface area contributed by atoms with E-state index in [9.17, 15) is 79.4 Å². The third-order valence-electron chi connectivity index (χ3n) is 20.4. The Bertz CT molecular complexity index is 2320. The van der Waals surface area contributed by atoms with Gasteiger partial charge in [-0.1, -0.05) is 39.3 Å². The third-order valence-corrected chi connectivity index (χ3v) is 20.9. The van der Waals surface area contributed by atoms with Gasteiger partial charge in [-0.05, 0) is 126 Å². The zero-order chi connectivity index (χ0) is 60.7. The molecule has 5 saturated heterocycles. The SMILES string of the molecule is CC(C)CC[C@H](O)[C@](C)(O)[C@H]1CC[C@H]2[C@@H]3C[C@H](O[C@@H]4O[C@H](C)[C@@H](O)[C@H](O[C@@H]5OC[C@@H](O[C@@H]6OC[C@@H](O)[C@H](O)[C@H]6O[C@@H]6O[C@H](C)[C@H](O)[C@H](O)[C@H]6O)[C@H](O)[C@H]5O[C@@H]5O[C@H](C)[C@@H](O)[C@H](O)[C@H]5O)[C@H]4O)[C@H]4C[C@@H](OS(=O)(=O)[O-])CC[C@]4(C)C3=CC[C@]12C. The molecular weight excluding hydrogens is 1120 g/mol. The van der Waals surface area contributed by atoms with Crippen LogP contribution in [0.2, 0.25) is 0 Å². The van der Waals surface area contributed by atoms with E-state index in [1.807, 2.05) is 0 Å². The van der Waals surface area contributed by atoms with Crippen LogP contribution in [0.1, 0.15) is 113 Å². The number of allylic oxidation sites excluding steroid dienone is 2. The maximum absolute atomic E-state index is 12.4. The van der Waals surface area contributed by atoms with Crippen molar-refractivity contribution in [3.63, 3.8) is 0 Å². The van der Waals surface area contributed by atoms with E-state index < -0.39 is 206 Å². The fourth-order valence-corrected chi connectivity index (χ4v) is 15.9. The lowest BCUT2D eigenvalue weighted by atomic mass is 9.47. The highest BCUT2D eigenvalue weighted by Crippen LogP contribution is 2.67. The van der Waals surface area contributed by atoms with E-state index >= 15 is 0 Å². The van der Waals surface area contributed by atoms with Crippen molar-refractivity contribution in [3.8, 4) is 0 Å². The van der Waals surface area contributed by atoms with Gasteiger partial charge in [0.2, 0.25) is 10.4 Å². The highest BCUT2D eigenvalue weighted by atomic mass is 32.3. The van der Waals surface area contributed by atoms with E-state index in [1.165, 1.54) is 20.8 Å². The second-order valence-corrected chi connectivity index (χ2v) is 27.3. The van der Waals surface area contributed by atoms with Gasteiger partial charge < -0.3 is 118 Å². The second kappa shape index (κ2) is 25.5. The van der Waals surface area contributed by atoms with Crippen LogP contribution in [-0.2, 0) is 62.0 Å². The summed E-state index contributed by atoms with van der Waals surface area (Å²) in [5.41, 5.74) is -1.38. The Morgan fingerprint density at radius 3 is 1.75 bits per heavy atom. The Kier molecular flexibility index (Phi) is 20.3. The van der Waals surface area contributed by atoms with E-state index in [2.05, 4.69) is 33.8 Å². The minimum atomic E-state index is -5.12. The normalized spacial score (nSPS) is 51.7. The summed E-state index contributed by atoms with van der Waals surface area (Å²) < 4.78 is 102. The van der Waals surface area contributed by atoms with Gasteiger partial charge >= 0.3 is 0 Å². The van der Waals surface area contributed by atoms with E-state index in [4.69, 9.17) is 51.6 Å². The van der Waals surface area contributed by atoms with Gasteiger partial charge in [-0.15, -0.1) is 0 Å². The molecule has 5 aliphatic heterocycles. The van der Waals surface area contributed by atoms with Crippen molar-refractivity contribution in [2.24, 2.45) is 40.4 Å². The van der Waals surface area contributed by atoms with Crippen LogP contribution in [-0.4, -0.2) is 258 Å². The van der Waals surface area contributed by atoms with Gasteiger partial charge in [-0.2, -0.15) is 0 Å². The molecule has 0 aromatic carbocycles. The van der Waals surface area contributed by atoms with Crippen LogP contribution in [0.4, 0.5) is 0 Å². The van der Waals surface area contributed by atoms with Gasteiger partial charge in [0.15, 0.2) is 31.5 Å². The Hall–Kier alpha value is -1.31. The fourth-order valence-electron chi connectivity index (χ4n) is 15.4. The first-order valence-electron chi connectivity index (χ1n) is 29.5. The summed E-state index contributed by atoms with van der Waals surface area (Å²) in [5.74, 6) is -0.619. The van der Waals surface area contributed by atoms with Crippen molar-refractivity contribution in [1.29, 1.82) is 0 Å². The summed E-state index contributed by atoms with van der Waals surface area (Å²) >= 11 is 0. The Morgan fingerprint density at radius 1 is 0.627 bits per heavy atom. The van der Waals surface area contributed by atoms with Crippen molar-refractivity contribution in [1.82, 2.24) is 0 Å². The van der Waals surface area contributed by atoms with Gasteiger partial charge in [0, 0.05) is 0 Å². The molecule has 27 nitrogen and oxygen atoms in total. The van der Waals surface area contributed by atoms with Gasteiger partial charge in [-0.25, -0.2) is 8.42 Å². The van der Waals surface area contributed by atoms with E-state index in [-0.39, 0.29) is 30.6 Å². The summed E-state index contributed by atoms with van der Waals surface area (Å²) in [5, 5.41) is 146. The lowest BCUT2D eigenvalue weighted by Gasteiger charge is -2.60. The number of aliphatic hydroxyl groups is 13. The molecule has 8 fully saturated rings. The molecule has 9 aliphatic rings. The van der Waals surface area contributed by atoms with Crippen LogP contribution < -0.4 is 0 Å². The molecular formula is C55H91O27S-. The molecule has 480 valence electrons. The smallest absolute Gasteiger partial charge is 0.217 e. The zero-order valence-corrected chi connectivity index (χ0v) is 49.0. The monoisotopic (exact) mass is 1220 g/mol. The van der Waals surface area contributed by atoms with Crippen LogP contribution in [0.5, 0.6) is 0 Å². The Balaban J connectivity index is 0.973. The van der Waals surface area contributed by atoms with E-state index in [0.29, 0.717) is 38.0 Å². The van der Waals surface area contributed by atoms with Crippen molar-refractivity contribution in [2.75, 3.05) is 13.2 Å². The highest BCUT2D eigenvalue weighted by Gasteiger charge is 2.64. The third kappa shape index (κ3) is 13.0. The van der Waals surface area contributed by atoms with Gasteiger partial charge in [0.25, 0.3) is 0 Å². The molecule has 13 N–H and O–H groups in total. The van der Waals surface area contributed by atoms with Gasteiger partial charge in [0.05, 0.1) is 55.4 Å². The standard InChI is InChI=1S/C55H92O27S/c1-21(2)9-12-34(57)55(8,68)33-11-10-27-26-18-31(29-17-25(82-83(69,70)71)13-15-53(29,6)28(26)14-16-54(27,33)7)77-50-44(67)45(37(60)24(5)76-50)79-52-47(81-49-43(66)41(64)36(59)23(4)75-49)39(62)32(20-73-52)78-51-46(38(61)30(56)19-72-51)80-48-42(65)40(63)35(58)22(3)74-48/h14,21-27,29-52,56-68H,9-13,15-20H2,1-8H3,(H,69,70,71)/p-1/t22-,23-,24-,25+,26+,27+,29-,30-,31+,32-,33+,34+,35+,36-,37-,38+,39+,40+,41+,42-,43-,44-,45+,46-,47-,48+,49+,50+,51+,52+,53-,54+,55-/m1/s1.